The molecule has 0 unspecified atom stereocenters. The number of hydrogen-bond donors (Lipinski definition) is 1. The Bertz CT molecular complexity index is 949. The van der Waals surface area contributed by atoms with Gasteiger partial charge in [-0.3, -0.25) is 4.79 Å². The van der Waals surface area contributed by atoms with Crippen molar-refractivity contribution < 1.29 is 18.7 Å². The van der Waals surface area contributed by atoms with E-state index in [4.69, 9.17) is 13.9 Å². The number of hydrogen-bond acceptors (Lipinski definition) is 7. The Hall–Kier alpha value is -3.46. The van der Waals surface area contributed by atoms with E-state index in [2.05, 4.69) is 20.8 Å². The maximum atomic E-state index is 12.8. The zero-order valence-electron chi connectivity index (χ0n) is 16.4. The molecule has 2 aromatic heterocycles. The summed E-state index contributed by atoms with van der Waals surface area (Å²) in [6.07, 6.45) is 3.98. The number of aromatic nitrogens is 4. The quantitative estimate of drug-likeness (QED) is 0.413. The van der Waals surface area contributed by atoms with E-state index in [-0.39, 0.29) is 5.91 Å². The normalized spacial score (nSPS) is 11.4. The van der Waals surface area contributed by atoms with Crippen LogP contribution in [0.15, 0.2) is 47.1 Å². The lowest BCUT2D eigenvalue weighted by molar-refractivity contribution is -0.116. The molecule has 29 heavy (non-hydrogen) atoms. The average molecular weight is 397 g/mol. The first kappa shape index (κ1) is 20.3. The van der Waals surface area contributed by atoms with Crippen molar-refractivity contribution in [2.45, 2.75) is 20.0 Å². The van der Waals surface area contributed by atoms with Crippen molar-refractivity contribution in [3.63, 3.8) is 0 Å². The Labute approximate surface area is 168 Å². The van der Waals surface area contributed by atoms with E-state index in [0.717, 1.165) is 11.3 Å². The van der Waals surface area contributed by atoms with Crippen LogP contribution in [0.5, 0.6) is 5.75 Å². The Morgan fingerprint density at radius 1 is 1.31 bits per heavy atom. The monoisotopic (exact) mass is 397 g/mol. The Balaban J connectivity index is 1.60. The summed E-state index contributed by atoms with van der Waals surface area (Å²) in [5, 5.41) is 14.3. The molecule has 3 aromatic rings. The highest BCUT2D eigenvalue weighted by atomic mass is 16.5. The molecule has 9 nitrogen and oxygen atoms in total. The zero-order chi connectivity index (χ0) is 20.5. The van der Waals surface area contributed by atoms with E-state index in [1.165, 1.54) is 4.68 Å². The highest BCUT2D eigenvalue weighted by Gasteiger charge is 2.16. The van der Waals surface area contributed by atoms with Crippen molar-refractivity contribution in [2.75, 3.05) is 20.3 Å². The van der Waals surface area contributed by atoms with Crippen LogP contribution in [0.2, 0.25) is 0 Å². The smallest absolute Gasteiger partial charge is 0.270 e. The first-order chi connectivity index (χ1) is 14.2. The van der Waals surface area contributed by atoms with Crippen molar-refractivity contribution in [3.05, 3.63) is 59.8 Å². The molecule has 0 fully saturated rings. The molecule has 2 heterocycles. The van der Waals surface area contributed by atoms with Gasteiger partial charge in [-0.2, -0.15) is 4.68 Å². The topological polar surface area (TPSA) is 104 Å². The van der Waals surface area contributed by atoms with E-state index in [9.17, 15) is 4.79 Å². The zero-order valence-corrected chi connectivity index (χ0v) is 16.4. The lowest BCUT2D eigenvalue weighted by atomic mass is 10.1. The minimum absolute atomic E-state index is 0.283. The van der Waals surface area contributed by atoms with Crippen LogP contribution in [0.1, 0.15) is 23.6 Å². The van der Waals surface area contributed by atoms with Crippen LogP contribution in [-0.2, 0) is 16.1 Å². The maximum absolute atomic E-state index is 12.8. The van der Waals surface area contributed by atoms with Gasteiger partial charge in [0.2, 0.25) is 0 Å². The van der Waals surface area contributed by atoms with Crippen LogP contribution < -0.4 is 10.1 Å². The molecule has 0 radical (unpaired) electrons. The molecule has 0 bridgehead atoms. The van der Waals surface area contributed by atoms with Gasteiger partial charge in [0.15, 0.2) is 5.82 Å². The van der Waals surface area contributed by atoms with Crippen LogP contribution in [-0.4, -0.2) is 46.4 Å². The van der Waals surface area contributed by atoms with Gasteiger partial charge >= 0.3 is 0 Å². The van der Waals surface area contributed by atoms with Crippen LogP contribution in [0.25, 0.3) is 11.8 Å². The average Bonchev–Trinajstić information content (AvgIpc) is 3.40. The molecular formula is C20H23N5O4. The summed E-state index contributed by atoms with van der Waals surface area (Å²) in [6.45, 7) is 3.09. The van der Waals surface area contributed by atoms with Crippen LogP contribution >= 0.6 is 0 Å². The fourth-order valence-corrected chi connectivity index (χ4v) is 2.60. The maximum Gasteiger partial charge on any atom is 0.270 e. The van der Waals surface area contributed by atoms with Gasteiger partial charge in [-0.05, 0) is 59.7 Å². The number of tetrazole rings is 1. The molecule has 1 aromatic carbocycles. The van der Waals surface area contributed by atoms with Gasteiger partial charge in [0, 0.05) is 13.2 Å². The number of benzene rings is 1. The number of methoxy groups -OCH3 is 1. The second-order valence-corrected chi connectivity index (χ2v) is 6.19. The van der Waals surface area contributed by atoms with Crippen molar-refractivity contribution in [1.82, 2.24) is 25.5 Å². The third kappa shape index (κ3) is 5.76. The molecule has 0 aliphatic heterocycles. The standard InChI is InChI=1S/C20H23N5O4/c1-15-22-23-24-25(15)19(13-16-6-3-7-17(12-16)27-2)20(26)21-9-5-10-28-14-18-8-4-11-29-18/h3-4,6-8,11-13H,5,9-10,14H2,1-2H3,(H,21,26). The molecule has 9 heteroatoms. The van der Waals surface area contributed by atoms with Crippen LogP contribution in [0, 0.1) is 6.92 Å². The highest BCUT2D eigenvalue weighted by Crippen LogP contribution is 2.17. The van der Waals surface area contributed by atoms with Gasteiger partial charge in [0.05, 0.1) is 13.4 Å². The fraction of sp³-hybridized carbons (Fsp3) is 0.300. The number of rotatable bonds is 10. The van der Waals surface area contributed by atoms with Gasteiger partial charge in [-0.1, -0.05) is 12.1 Å². The van der Waals surface area contributed by atoms with Crippen molar-refractivity contribution >= 4 is 17.7 Å². The third-order valence-corrected chi connectivity index (χ3v) is 4.06. The molecule has 0 aliphatic rings. The number of aryl methyl sites for hydroxylation is 1. The van der Waals surface area contributed by atoms with Gasteiger partial charge in [0.25, 0.3) is 5.91 Å². The minimum atomic E-state index is -0.283. The molecule has 3 rings (SSSR count). The van der Waals surface area contributed by atoms with Gasteiger partial charge in [-0.15, -0.1) is 5.10 Å². The summed E-state index contributed by atoms with van der Waals surface area (Å²) in [7, 11) is 1.59. The number of furan rings is 1. The van der Waals surface area contributed by atoms with Gasteiger partial charge in [-0.25, -0.2) is 0 Å². The molecule has 0 atom stereocenters. The number of nitrogens with one attached hydrogen (secondary N) is 1. The Morgan fingerprint density at radius 3 is 2.93 bits per heavy atom. The minimum Gasteiger partial charge on any atom is -0.497 e. The Kier molecular flexibility index (Phi) is 7.12. The summed E-state index contributed by atoms with van der Waals surface area (Å²) in [4.78, 5) is 12.8. The molecule has 152 valence electrons. The summed E-state index contributed by atoms with van der Waals surface area (Å²) in [5.74, 6) is 1.69. The number of carbonyl (C=O) groups is 1. The van der Waals surface area contributed by atoms with Crippen LogP contribution in [0.3, 0.4) is 0 Å². The second kappa shape index (κ2) is 10.2. The van der Waals surface area contributed by atoms with E-state index in [1.807, 2.05) is 36.4 Å². The van der Waals surface area contributed by atoms with E-state index in [0.29, 0.717) is 43.5 Å². The summed E-state index contributed by atoms with van der Waals surface area (Å²) in [5.41, 5.74) is 1.11. The van der Waals surface area contributed by atoms with Crippen molar-refractivity contribution in [3.8, 4) is 5.75 Å². The van der Waals surface area contributed by atoms with Crippen LogP contribution in [0.4, 0.5) is 0 Å². The lowest BCUT2D eigenvalue weighted by Gasteiger charge is -2.10. The number of amides is 1. The first-order valence-corrected chi connectivity index (χ1v) is 9.17. The lowest BCUT2D eigenvalue weighted by Crippen LogP contribution is -2.29. The second-order valence-electron chi connectivity index (χ2n) is 6.19. The number of carbonyl (C=O) groups excluding carboxylic acids is 1. The molecule has 0 saturated carbocycles. The first-order valence-electron chi connectivity index (χ1n) is 9.17. The number of ether oxygens (including phenoxy) is 2. The highest BCUT2D eigenvalue weighted by molar-refractivity contribution is 6.18. The van der Waals surface area contributed by atoms with E-state index < -0.39 is 0 Å². The van der Waals surface area contributed by atoms with Crippen molar-refractivity contribution in [1.29, 1.82) is 0 Å². The SMILES string of the molecule is COc1cccc(C=C(C(=O)NCCCOCc2ccco2)n2nnnc2C)c1. The molecule has 1 N–H and O–H groups in total. The van der Waals surface area contributed by atoms with E-state index >= 15 is 0 Å². The third-order valence-electron chi connectivity index (χ3n) is 4.06. The molecule has 0 spiro atoms. The largest absolute Gasteiger partial charge is 0.497 e. The molecule has 0 aliphatic carbocycles. The van der Waals surface area contributed by atoms with E-state index in [1.54, 1.807) is 26.4 Å². The van der Waals surface area contributed by atoms with Gasteiger partial charge in [0.1, 0.15) is 23.8 Å². The number of nitrogens with zero attached hydrogens (tertiary/aromatic N) is 4. The molecule has 1 amide bonds. The summed E-state index contributed by atoms with van der Waals surface area (Å²) >= 11 is 0. The predicted molar refractivity (Wildman–Crippen MR) is 106 cm³/mol. The fourth-order valence-electron chi connectivity index (χ4n) is 2.60. The predicted octanol–water partition coefficient (Wildman–Crippen LogP) is 2.30. The Morgan fingerprint density at radius 2 is 2.21 bits per heavy atom. The summed E-state index contributed by atoms with van der Waals surface area (Å²) < 4.78 is 17.4. The molecular weight excluding hydrogens is 374 g/mol. The molecule has 0 saturated heterocycles. The summed E-state index contributed by atoms with van der Waals surface area (Å²) in [6, 6.07) is 11.1. The van der Waals surface area contributed by atoms with Crippen molar-refractivity contribution in [2.24, 2.45) is 0 Å². The van der Waals surface area contributed by atoms with Gasteiger partial charge < -0.3 is 19.2 Å².